The molecule has 2 aromatic rings. The number of benzene rings is 2. The lowest BCUT2D eigenvalue weighted by atomic mass is 9.95. The number of allylic oxidation sites excluding steroid dienone is 1. The zero-order chi connectivity index (χ0) is 26.5. The van der Waals surface area contributed by atoms with E-state index < -0.39 is 6.10 Å². The Bertz CT molecular complexity index is 948. The van der Waals surface area contributed by atoms with E-state index in [0.717, 1.165) is 30.9 Å². The first-order chi connectivity index (χ1) is 18.0. The fourth-order valence-corrected chi connectivity index (χ4v) is 5.49. The summed E-state index contributed by atoms with van der Waals surface area (Å²) in [6.07, 6.45) is 9.82. The second-order valence-electron chi connectivity index (χ2n) is 10.5. The zero-order valence-electron chi connectivity index (χ0n) is 22.8. The molecule has 4 unspecified atom stereocenters. The van der Waals surface area contributed by atoms with E-state index in [4.69, 9.17) is 4.74 Å². The Labute approximate surface area is 223 Å². The van der Waals surface area contributed by atoms with Crippen molar-refractivity contribution in [3.05, 3.63) is 78.4 Å². The summed E-state index contributed by atoms with van der Waals surface area (Å²) >= 11 is 0. The van der Waals surface area contributed by atoms with Crippen LogP contribution in [0, 0.1) is 11.8 Å². The molecule has 0 saturated heterocycles. The number of nitrogens with one attached hydrogen (secondary N) is 1. The molecule has 1 aliphatic rings. The van der Waals surface area contributed by atoms with Crippen molar-refractivity contribution >= 4 is 5.91 Å². The van der Waals surface area contributed by atoms with Crippen LogP contribution in [0.2, 0.25) is 0 Å². The number of carbonyl (C=O) groups excluding carboxylic acids is 1. The Hall–Kier alpha value is -2.63. The molecule has 4 atom stereocenters. The van der Waals surface area contributed by atoms with Gasteiger partial charge in [0.2, 0.25) is 0 Å². The van der Waals surface area contributed by atoms with Crippen LogP contribution in [0.4, 0.5) is 0 Å². The Balaban J connectivity index is 1.56. The molecular weight excluding hydrogens is 460 g/mol. The van der Waals surface area contributed by atoms with Gasteiger partial charge in [0.1, 0.15) is 18.5 Å². The minimum absolute atomic E-state index is 0.156. The molecule has 1 aliphatic carbocycles. The SMILES string of the molecule is C=CCC1CCC(C(C)N(CCCCC)CC(O)COc2ccccc2C(=O)NCc2ccccc2)C1. The van der Waals surface area contributed by atoms with Crippen molar-refractivity contribution < 1.29 is 14.6 Å². The Kier molecular flexibility index (Phi) is 12.2. The molecule has 0 aliphatic heterocycles. The van der Waals surface area contributed by atoms with Crippen LogP contribution in [0.5, 0.6) is 5.75 Å². The Morgan fingerprint density at radius 3 is 2.68 bits per heavy atom. The van der Waals surface area contributed by atoms with Crippen LogP contribution < -0.4 is 10.1 Å². The summed E-state index contributed by atoms with van der Waals surface area (Å²) < 4.78 is 6.00. The molecule has 1 fully saturated rings. The van der Waals surface area contributed by atoms with Gasteiger partial charge in [-0.3, -0.25) is 9.69 Å². The van der Waals surface area contributed by atoms with E-state index in [1.54, 1.807) is 12.1 Å². The molecule has 1 amide bonds. The predicted octanol–water partition coefficient (Wildman–Crippen LogP) is 6.23. The number of hydrogen-bond acceptors (Lipinski definition) is 4. The largest absolute Gasteiger partial charge is 0.490 e. The van der Waals surface area contributed by atoms with Gasteiger partial charge in [0.05, 0.1) is 5.56 Å². The van der Waals surface area contributed by atoms with E-state index in [-0.39, 0.29) is 12.5 Å². The first-order valence-electron chi connectivity index (χ1n) is 14.1. The molecule has 0 radical (unpaired) electrons. The van der Waals surface area contributed by atoms with Crippen molar-refractivity contribution in [2.45, 2.75) is 77.5 Å². The molecule has 2 N–H and O–H groups in total. The molecule has 202 valence electrons. The summed E-state index contributed by atoms with van der Waals surface area (Å²) in [5.74, 6) is 1.73. The number of ether oxygens (including phenoxy) is 1. The summed E-state index contributed by atoms with van der Waals surface area (Å²) in [6, 6.07) is 17.5. The zero-order valence-corrected chi connectivity index (χ0v) is 22.8. The molecule has 5 nitrogen and oxygen atoms in total. The summed E-state index contributed by atoms with van der Waals surface area (Å²) in [4.78, 5) is 15.3. The number of amides is 1. The standard InChI is InChI=1S/C32H46N2O3/c1-4-6-12-20-34(25(3)28-19-18-26(21-28)13-5-2)23-29(35)24-37-31-17-11-10-16-30(31)32(36)33-22-27-14-8-7-9-15-27/h5,7-11,14-17,25-26,28-29,35H,2,4,6,12-13,18-24H2,1,3H3,(H,33,36). The van der Waals surface area contributed by atoms with E-state index >= 15 is 0 Å². The van der Waals surface area contributed by atoms with Crippen molar-refractivity contribution in [1.82, 2.24) is 10.2 Å². The molecular formula is C32H46N2O3. The molecule has 0 bridgehead atoms. The lowest BCUT2D eigenvalue weighted by Gasteiger charge is -2.35. The number of aliphatic hydroxyl groups excluding tert-OH is 1. The highest BCUT2D eigenvalue weighted by atomic mass is 16.5. The molecule has 37 heavy (non-hydrogen) atoms. The maximum Gasteiger partial charge on any atom is 0.255 e. The van der Waals surface area contributed by atoms with Gasteiger partial charge >= 0.3 is 0 Å². The topological polar surface area (TPSA) is 61.8 Å². The first-order valence-corrected chi connectivity index (χ1v) is 14.1. The van der Waals surface area contributed by atoms with Crippen LogP contribution in [0.25, 0.3) is 0 Å². The van der Waals surface area contributed by atoms with Crippen molar-refractivity contribution in [3.63, 3.8) is 0 Å². The van der Waals surface area contributed by atoms with Crippen LogP contribution in [0.3, 0.4) is 0 Å². The Morgan fingerprint density at radius 2 is 1.92 bits per heavy atom. The average molecular weight is 507 g/mol. The summed E-state index contributed by atoms with van der Waals surface area (Å²) in [6.45, 7) is 10.7. The number of nitrogens with zero attached hydrogens (tertiary/aromatic N) is 1. The summed E-state index contributed by atoms with van der Waals surface area (Å²) in [5.41, 5.74) is 1.53. The molecule has 3 rings (SSSR count). The van der Waals surface area contributed by atoms with Gasteiger partial charge in [0.15, 0.2) is 0 Å². The number of unbranched alkanes of at least 4 members (excludes halogenated alkanes) is 2. The lowest BCUT2D eigenvalue weighted by Crippen LogP contribution is -2.44. The first kappa shape index (κ1) is 28.9. The smallest absolute Gasteiger partial charge is 0.255 e. The predicted molar refractivity (Wildman–Crippen MR) is 152 cm³/mol. The highest BCUT2D eigenvalue weighted by Gasteiger charge is 2.31. The van der Waals surface area contributed by atoms with Crippen molar-refractivity contribution in [1.29, 1.82) is 0 Å². The molecule has 2 aromatic carbocycles. The number of rotatable bonds is 16. The van der Waals surface area contributed by atoms with Crippen molar-refractivity contribution in [2.75, 3.05) is 19.7 Å². The average Bonchev–Trinajstić information content (AvgIpc) is 3.39. The minimum atomic E-state index is -0.630. The second kappa shape index (κ2) is 15.6. The maximum absolute atomic E-state index is 12.8. The Morgan fingerprint density at radius 1 is 1.16 bits per heavy atom. The van der Waals surface area contributed by atoms with Gasteiger partial charge in [-0.25, -0.2) is 0 Å². The minimum Gasteiger partial charge on any atom is -0.490 e. The molecule has 0 heterocycles. The number of carbonyl (C=O) groups is 1. The normalized spacial score (nSPS) is 18.9. The third-order valence-corrected chi connectivity index (χ3v) is 7.69. The van der Waals surface area contributed by atoms with Crippen LogP contribution in [0.15, 0.2) is 67.3 Å². The van der Waals surface area contributed by atoms with Crippen LogP contribution in [-0.4, -0.2) is 47.8 Å². The van der Waals surface area contributed by atoms with E-state index in [9.17, 15) is 9.90 Å². The fraction of sp³-hybridized carbons (Fsp3) is 0.531. The second-order valence-corrected chi connectivity index (χ2v) is 10.5. The van der Waals surface area contributed by atoms with Crippen LogP contribution in [-0.2, 0) is 6.54 Å². The number of hydrogen-bond donors (Lipinski definition) is 2. The molecule has 1 saturated carbocycles. The fourth-order valence-electron chi connectivity index (χ4n) is 5.49. The van der Waals surface area contributed by atoms with E-state index in [1.807, 2.05) is 42.5 Å². The summed E-state index contributed by atoms with van der Waals surface area (Å²) in [7, 11) is 0. The highest BCUT2D eigenvalue weighted by molar-refractivity contribution is 5.96. The number of aliphatic hydroxyl groups is 1. The van der Waals surface area contributed by atoms with E-state index in [0.29, 0.717) is 36.4 Å². The van der Waals surface area contributed by atoms with Crippen LogP contribution in [0.1, 0.15) is 74.7 Å². The van der Waals surface area contributed by atoms with E-state index in [1.165, 1.54) is 32.1 Å². The van der Waals surface area contributed by atoms with Crippen molar-refractivity contribution in [3.8, 4) is 5.75 Å². The van der Waals surface area contributed by atoms with Gasteiger partial charge in [-0.1, -0.05) is 68.3 Å². The van der Waals surface area contributed by atoms with Crippen molar-refractivity contribution in [2.24, 2.45) is 11.8 Å². The quantitative estimate of drug-likeness (QED) is 0.209. The van der Waals surface area contributed by atoms with Crippen LogP contribution >= 0.6 is 0 Å². The molecule has 0 aromatic heterocycles. The molecule has 5 heteroatoms. The molecule has 0 spiro atoms. The van der Waals surface area contributed by atoms with Gasteiger partial charge in [-0.05, 0) is 75.1 Å². The van der Waals surface area contributed by atoms with Gasteiger partial charge in [-0.15, -0.1) is 6.58 Å². The number of para-hydroxylation sites is 1. The van der Waals surface area contributed by atoms with Gasteiger partial charge in [0, 0.05) is 19.1 Å². The van der Waals surface area contributed by atoms with E-state index in [2.05, 4.69) is 36.7 Å². The third-order valence-electron chi connectivity index (χ3n) is 7.69. The van der Waals surface area contributed by atoms with Gasteiger partial charge in [0.25, 0.3) is 5.91 Å². The third kappa shape index (κ3) is 9.32. The lowest BCUT2D eigenvalue weighted by molar-refractivity contribution is 0.0416. The maximum atomic E-state index is 12.8. The van der Waals surface area contributed by atoms with Gasteiger partial charge in [-0.2, -0.15) is 0 Å². The monoisotopic (exact) mass is 506 g/mol. The van der Waals surface area contributed by atoms with Gasteiger partial charge < -0.3 is 15.2 Å². The summed E-state index contributed by atoms with van der Waals surface area (Å²) in [5, 5.41) is 13.9. The highest BCUT2D eigenvalue weighted by Crippen LogP contribution is 2.37.